The smallest absolute Gasteiger partial charge is 0.317 e. The molecule has 0 spiro atoms. The van der Waals surface area contributed by atoms with E-state index >= 15 is 0 Å². The zero-order valence-electron chi connectivity index (χ0n) is 13.7. The lowest BCUT2D eigenvalue weighted by atomic mass is 9.89. The van der Waals surface area contributed by atoms with Crippen molar-refractivity contribution >= 4 is 6.03 Å². The quantitative estimate of drug-likeness (QED) is 0.927. The predicted molar refractivity (Wildman–Crippen MR) is 87.6 cm³/mol. The van der Waals surface area contributed by atoms with Crippen LogP contribution in [-0.4, -0.2) is 35.5 Å². The average molecular weight is 301 g/mol. The van der Waals surface area contributed by atoms with Gasteiger partial charge < -0.3 is 10.2 Å². The van der Waals surface area contributed by atoms with Crippen molar-refractivity contribution in [2.24, 2.45) is 17.8 Å². The Morgan fingerprint density at radius 2 is 2.09 bits per heavy atom. The predicted octanol–water partition coefficient (Wildman–Crippen LogP) is 3.26. The van der Waals surface area contributed by atoms with Crippen LogP contribution in [0.15, 0.2) is 24.5 Å². The second-order valence-electron chi connectivity index (χ2n) is 7.18. The summed E-state index contributed by atoms with van der Waals surface area (Å²) in [6.45, 7) is 6.99. The molecular formula is C18H27N3O. The third-order valence-electron chi connectivity index (χ3n) is 5.40. The Hall–Kier alpha value is -1.58. The van der Waals surface area contributed by atoms with E-state index in [9.17, 15) is 4.79 Å². The number of nitrogens with one attached hydrogen (secondary N) is 1. The minimum atomic E-state index is 0.115. The number of rotatable bonds is 4. The molecule has 2 amide bonds. The Balaban J connectivity index is 1.55. The minimum Gasteiger partial charge on any atom is -0.337 e. The number of hydrogen-bond donors (Lipinski definition) is 1. The first-order valence-corrected chi connectivity index (χ1v) is 8.58. The van der Waals surface area contributed by atoms with Crippen LogP contribution < -0.4 is 5.32 Å². The van der Waals surface area contributed by atoms with Gasteiger partial charge in [0.2, 0.25) is 0 Å². The third kappa shape index (κ3) is 3.26. The SMILES string of the molecule is CC(C)[C@@H](CNC(=O)N1C[C@H]2CCC[C@H]2C1)c1cccnc1. The molecule has 0 radical (unpaired) electrons. The van der Waals surface area contributed by atoms with Crippen molar-refractivity contribution in [3.05, 3.63) is 30.1 Å². The summed E-state index contributed by atoms with van der Waals surface area (Å²) in [5.41, 5.74) is 1.20. The summed E-state index contributed by atoms with van der Waals surface area (Å²) >= 11 is 0. The fourth-order valence-corrected chi connectivity index (χ4v) is 4.04. The molecule has 3 rings (SSSR count). The molecule has 1 aromatic heterocycles. The molecule has 4 nitrogen and oxygen atoms in total. The molecule has 2 heterocycles. The monoisotopic (exact) mass is 301 g/mol. The topological polar surface area (TPSA) is 45.2 Å². The van der Waals surface area contributed by atoms with Crippen LogP contribution in [-0.2, 0) is 0 Å². The molecule has 120 valence electrons. The Labute approximate surface area is 133 Å². The normalized spacial score (nSPS) is 25.3. The largest absolute Gasteiger partial charge is 0.337 e. The summed E-state index contributed by atoms with van der Waals surface area (Å²) in [6, 6.07) is 4.18. The summed E-state index contributed by atoms with van der Waals surface area (Å²) in [5.74, 6) is 2.30. The number of aromatic nitrogens is 1. The highest BCUT2D eigenvalue weighted by atomic mass is 16.2. The van der Waals surface area contributed by atoms with E-state index in [2.05, 4.69) is 30.2 Å². The van der Waals surface area contributed by atoms with Gasteiger partial charge in [-0.05, 0) is 42.2 Å². The minimum absolute atomic E-state index is 0.115. The van der Waals surface area contributed by atoms with Gasteiger partial charge in [0.15, 0.2) is 0 Å². The van der Waals surface area contributed by atoms with Crippen LogP contribution in [0.2, 0.25) is 0 Å². The van der Waals surface area contributed by atoms with Crippen molar-refractivity contribution in [2.45, 2.75) is 39.0 Å². The van der Waals surface area contributed by atoms with E-state index < -0.39 is 0 Å². The van der Waals surface area contributed by atoms with Crippen molar-refractivity contribution in [3.63, 3.8) is 0 Å². The summed E-state index contributed by atoms with van der Waals surface area (Å²) in [6.07, 6.45) is 7.66. The molecule has 4 heteroatoms. The van der Waals surface area contributed by atoms with E-state index in [1.54, 1.807) is 6.20 Å². The van der Waals surface area contributed by atoms with Gasteiger partial charge in [0.25, 0.3) is 0 Å². The first-order valence-electron chi connectivity index (χ1n) is 8.58. The van der Waals surface area contributed by atoms with E-state index in [-0.39, 0.29) is 6.03 Å². The number of urea groups is 1. The van der Waals surface area contributed by atoms with Crippen LogP contribution >= 0.6 is 0 Å². The number of amides is 2. The van der Waals surface area contributed by atoms with Crippen LogP contribution in [0.25, 0.3) is 0 Å². The Morgan fingerprint density at radius 1 is 1.36 bits per heavy atom. The highest BCUT2D eigenvalue weighted by molar-refractivity contribution is 5.74. The number of hydrogen-bond acceptors (Lipinski definition) is 2. The maximum absolute atomic E-state index is 12.4. The zero-order valence-corrected chi connectivity index (χ0v) is 13.7. The lowest BCUT2D eigenvalue weighted by molar-refractivity contribution is 0.203. The second-order valence-corrected chi connectivity index (χ2v) is 7.18. The molecule has 0 aromatic carbocycles. The first kappa shape index (κ1) is 15.3. The van der Waals surface area contributed by atoms with Gasteiger partial charge in [0.1, 0.15) is 0 Å². The molecule has 2 fully saturated rings. The fourth-order valence-electron chi connectivity index (χ4n) is 4.04. The molecule has 22 heavy (non-hydrogen) atoms. The number of carbonyl (C=O) groups excluding carboxylic acids is 1. The Kier molecular flexibility index (Phi) is 4.65. The maximum atomic E-state index is 12.4. The summed E-state index contributed by atoms with van der Waals surface area (Å²) in [7, 11) is 0. The van der Waals surface area contributed by atoms with Gasteiger partial charge in [0.05, 0.1) is 0 Å². The van der Waals surface area contributed by atoms with Gasteiger partial charge in [0, 0.05) is 37.9 Å². The van der Waals surface area contributed by atoms with E-state index in [4.69, 9.17) is 0 Å². The zero-order chi connectivity index (χ0) is 15.5. The van der Waals surface area contributed by atoms with Crippen molar-refractivity contribution in [1.29, 1.82) is 0 Å². The third-order valence-corrected chi connectivity index (χ3v) is 5.40. The Morgan fingerprint density at radius 3 is 2.68 bits per heavy atom. The van der Waals surface area contributed by atoms with Gasteiger partial charge in [-0.3, -0.25) is 4.98 Å². The van der Waals surface area contributed by atoms with Crippen LogP contribution in [0.1, 0.15) is 44.6 Å². The molecule has 0 bridgehead atoms. The van der Waals surface area contributed by atoms with Crippen LogP contribution in [0.3, 0.4) is 0 Å². The van der Waals surface area contributed by atoms with Crippen LogP contribution in [0.4, 0.5) is 4.79 Å². The van der Waals surface area contributed by atoms with Gasteiger partial charge in [-0.15, -0.1) is 0 Å². The average Bonchev–Trinajstić information content (AvgIpc) is 3.09. The van der Waals surface area contributed by atoms with Crippen molar-refractivity contribution < 1.29 is 4.79 Å². The molecule has 2 aliphatic rings. The number of carbonyl (C=O) groups is 1. The highest BCUT2D eigenvalue weighted by Gasteiger charge is 2.38. The lowest BCUT2D eigenvalue weighted by Crippen LogP contribution is -2.41. The number of fused-ring (bicyclic) bond motifs is 1. The summed E-state index contributed by atoms with van der Waals surface area (Å²) in [4.78, 5) is 18.7. The molecular weight excluding hydrogens is 274 g/mol. The van der Waals surface area contributed by atoms with Gasteiger partial charge >= 0.3 is 6.03 Å². The molecule has 1 N–H and O–H groups in total. The molecule has 3 atom stereocenters. The first-order chi connectivity index (χ1) is 10.6. The standard InChI is InChI=1S/C18H27N3O/c1-13(2)17(14-7-4-8-19-9-14)10-20-18(22)21-11-15-5-3-6-16(15)12-21/h4,7-9,13,15-17H,3,5-6,10-12H2,1-2H3,(H,20,22)/t15-,16+,17-/m1/s1. The highest BCUT2D eigenvalue weighted by Crippen LogP contribution is 2.37. The van der Waals surface area contributed by atoms with E-state index in [0.717, 1.165) is 24.9 Å². The molecule has 0 unspecified atom stereocenters. The summed E-state index contributed by atoms with van der Waals surface area (Å²) in [5, 5.41) is 3.15. The van der Waals surface area contributed by atoms with Crippen LogP contribution in [0, 0.1) is 17.8 Å². The summed E-state index contributed by atoms with van der Waals surface area (Å²) < 4.78 is 0. The number of nitrogens with zero attached hydrogens (tertiary/aromatic N) is 2. The van der Waals surface area contributed by atoms with E-state index in [0.29, 0.717) is 18.4 Å². The fraction of sp³-hybridized carbons (Fsp3) is 0.667. The number of likely N-dealkylation sites (tertiary alicyclic amines) is 1. The van der Waals surface area contributed by atoms with E-state index in [1.165, 1.54) is 24.8 Å². The molecule has 1 saturated heterocycles. The van der Waals surface area contributed by atoms with Gasteiger partial charge in [-0.25, -0.2) is 4.79 Å². The van der Waals surface area contributed by atoms with Gasteiger partial charge in [-0.2, -0.15) is 0 Å². The van der Waals surface area contributed by atoms with Gasteiger partial charge in [-0.1, -0.05) is 26.3 Å². The lowest BCUT2D eigenvalue weighted by Gasteiger charge is -2.24. The molecule has 1 aliphatic carbocycles. The second kappa shape index (κ2) is 6.67. The molecule has 1 saturated carbocycles. The number of pyridine rings is 1. The van der Waals surface area contributed by atoms with Crippen LogP contribution in [0.5, 0.6) is 0 Å². The van der Waals surface area contributed by atoms with Crippen molar-refractivity contribution in [2.75, 3.05) is 19.6 Å². The molecule has 1 aromatic rings. The Bertz CT molecular complexity index is 490. The van der Waals surface area contributed by atoms with E-state index in [1.807, 2.05) is 17.2 Å². The molecule has 1 aliphatic heterocycles. The van der Waals surface area contributed by atoms with Crippen molar-refractivity contribution in [3.8, 4) is 0 Å². The van der Waals surface area contributed by atoms with Crippen molar-refractivity contribution in [1.82, 2.24) is 15.2 Å². The maximum Gasteiger partial charge on any atom is 0.317 e.